The Kier molecular flexibility index (Phi) is 2.50. The predicted molar refractivity (Wildman–Crippen MR) is 62.4 cm³/mol. The minimum absolute atomic E-state index is 0.683. The third-order valence-electron chi connectivity index (χ3n) is 3.57. The lowest BCUT2D eigenvalue weighted by molar-refractivity contribution is 0.0724. The molecule has 3 heterocycles. The molecule has 3 aliphatic rings. The average molecular weight is 216 g/mol. The monoisotopic (exact) mass is 216 g/mol. The summed E-state index contributed by atoms with van der Waals surface area (Å²) in [5, 5.41) is 3.51. The third kappa shape index (κ3) is 1.77. The van der Waals surface area contributed by atoms with Crippen LogP contribution in [0.4, 0.5) is 0 Å². The van der Waals surface area contributed by atoms with Crippen LogP contribution in [0.25, 0.3) is 0 Å². The van der Waals surface area contributed by atoms with Gasteiger partial charge in [-0.1, -0.05) is 24.3 Å². The number of benzene rings is 1. The fraction of sp³-hybridized carbons (Fsp3) is 0.462. The standard InChI is InChI=1S/C13H16N2O/c16-9-11-4-2-1-3-10(11)6-15-7-12-5-13(8-15)14-12/h1-4,9,12-14H,5-8H2. The zero-order valence-electron chi connectivity index (χ0n) is 9.23. The zero-order valence-corrected chi connectivity index (χ0v) is 9.23. The summed E-state index contributed by atoms with van der Waals surface area (Å²) in [6.07, 6.45) is 2.28. The summed E-state index contributed by atoms with van der Waals surface area (Å²) in [6.45, 7) is 3.14. The van der Waals surface area contributed by atoms with Gasteiger partial charge in [-0.3, -0.25) is 9.69 Å². The molecule has 0 aliphatic carbocycles. The van der Waals surface area contributed by atoms with Crippen LogP contribution in [0.5, 0.6) is 0 Å². The number of hydrogen-bond donors (Lipinski definition) is 1. The van der Waals surface area contributed by atoms with Gasteiger partial charge in [0.1, 0.15) is 6.29 Å². The van der Waals surface area contributed by atoms with Gasteiger partial charge < -0.3 is 5.32 Å². The quantitative estimate of drug-likeness (QED) is 0.766. The highest BCUT2D eigenvalue weighted by Gasteiger charge is 2.36. The maximum atomic E-state index is 10.9. The molecule has 4 rings (SSSR count). The topological polar surface area (TPSA) is 32.3 Å². The molecule has 3 saturated heterocycles. The van der Waals surface area contributed by atoms with Crippen molar-refractivity contribution in [2.24, 2.45) is 0 Å². The van der Waals surface area contributed by atoms with E-state index < -0.39 is 0 Å². The van der Waals surface area contributed by atoms with Gasteiger partial charge in [0.15, 0.2) is 0 Å². The molecular formula is C13H16N2O. The smallest absolute Gasteiger partial charge is 0.150 e. The van der Waals surface area contributed by atoms with Crippen molar-refractivity contribution in [1.82, 2.24) is 10.2 Å². The first-order valence-electron chi connectivity index (χ1n) is 5.86. The van der Waals surface area contributed by atoms with Crippen LogP contribution >= 0.6 is 0 Å². The summed E-state index contributed by atoms with van der Waals surface area (Å²) in [5.74, 6) is 0. The van der Waals surface area contributed by atoms with Crippen LogP contribution in [0, 0.1) is 0 Å². The van der Waals surface area contributed by atoms with Gasteiger partial charge in [-0.05, 0) is 12.0 Å². The minimum Gasteiger partial charge on any atom is -0.309 e. The second-order valence-corrected chi connectivity index (χ2v) is 4.81. The maximum absolute atomic E-state index is 10.9. The van der Waals surface area contributed by atoms with Gasteiger partial charge in [0.25, 0.3) is 0 Å². The molecule has 2 atom stereocenters. The van der Waals surface area contributed by atoms with Crippen LogP contribution < -0.4 is 5.32 Å². The van der Waals surface area contributed by atoms with Gasteiger partial charge in [-0.25, -0.2) is 0 Å². The van der Waals surface area contributed by atoms with E-state index in [4.69, 9.17) is 0 Å². The summed E-state index contributed by atoms with van der Waals surface area (Å²) in [7, 11) is 0. The number of piperidine rings is 1. The first-order chi connectivity index (χ1) is 7.85. The maximum Gasteiger partial charge on any atom is 0.150 e. The Labute approximate surface area is 95.4 Å². The Hall–Kier alpha value is -1.19. The van der Waals surface area contributed by atoms with Crippen molar-refractivity contribution in [1.29, 1.82) is 0 Å². The number of nitrogens with one attached hydrogen (secondary N) is 1. The molecule has 0 aromatic heterocycles. The number of rotatable bonds is 3. The summed E-state index contributed by atoms with van der Waals surface area (Å²) >= 11 is 0. The van der Waals surface area contributed by atoms with Crippen molar-refractivity contribution in [3.8, 4) is 0 Å². The van der Waals surface area contributed by atoms with Crippen molar-refractivity contribution in [3.05, 3.63) is 35.4 Å². The van der Waals surface area contributed by atoms with E-state index in [2.05, 4.69) is 16.3 Å². The van der Waals surface area contributed by atoms with Crippen LogP contribution in [-0.2, 0) is 6.54 Å². The normalized spacial score (nSPS) is 28.5. The van der Waals surface area contributed by atoms with Gasteiger partial charge in [0, 0.05) is 37.3 Å². The molecule has 3 heteroatoms. The molecule has 2 unspecified atom stereocenters. The highest BCUT2D eigenvalue weighted by atomic mass is 16.1. The van der Waals surface area contributed by atoms with E-state index in [0.717, 1.165) is 37.0 Å². The van der Waals surface area contributed by atoms with Gasteiger partial charge in [0.2, 0.25) is 0 Å². The lowest BCUT2D eigenvalue weighted by Gasteiger charge is -2.48. The Morgan fingerprint density at radius 1 is 1.31 bits per heavy atom. The van der Waals surface area contributed by atoms with Crippen molar-refractivity contribution in [2.45, 2.75) is 25.0 Å². The zero-order chi connectivity index (χ0) is 11.0. The van der Waals surface area contributed by atoms with E-state index in [1.165, 1.54) is 6.42 Å². The van der Waals surface area contributed by atoms with E-state index in [9.17, 15) is 4.79 Å². The molecule has 1 aromatic carbocycles. The van der Waals surface area contributed by atoms with E-state index in [0.29, 0.717) is 12.1 Å². The lowest BCUT2D eigenvalue weighted by Crippen LogP contribution is -2.66. The van der Waals surface area contributed by atoms with Gasteiger partial charge in [0.05, 0.1) is 0 Å². The van der Waals surface area contributed by atoms with Crippen LogP contribution in [0.1, 0.15) is 22.3 Å². The number of carbonyl (C=O) groups is 1. The summed E-state index contributed by atoms with van der Waals surface area (Å²) in [6, 6.07) is 9.24. The van der Waals surface area contributed by atoms with Crippen molar-refractivity contribution in [3.63, 3.8) is 0 Å². The first kappa shape index (κ1) is 10.00. The summed E-state index contributed by atoms with van der Waals surface area (Å²) < 4.78 is 0. The molecule has 1 aromatic rings. The lowest BCUT2D eigenvalue weighted by atomic mass is 9.91. The molecule has 0 saturated carbocycles. The number of aldehydes is 1. The van der Waals surface area contributed by atoms with E-state index in [1.54, 1.807) is 0 Å². The second-order valence-electron chi connectivity index (χ2n) is 4.81. The van der Waals surface area contributed by atoms with E-state index in [1.807, 2.05) is 18.2 Å². The molecule has 3 fully saturated rings. The molecule has 16 heavy (non-hydrogen) atoms. The molecule has 3 aliphatic heterocycles. The molecular weight excluding hydrogens is 200 g/mol. The first-order valence-corrected chi connectivity index (χ1v) is 5.86. The molecule has 0 amide bonds. The number of hydrogen-bond acceptors (Lipinski definition) is 3. The highest BCUT2D eigenvalue weighted by Crippen LogP contribution is 2.22. The van der Waals surface area contributed by atoms with Crippen LogP contribution in [0.15, 0.2) is 24.3 Å². The fourth-order valence-electron chi connectivity index (χ4n) is 2.77. The highest BCUT2D eigenvalue weighted by molar-refractivity contribution is 5.77. The molecule has 0 radical (unpaired) electrons. The van der Waals surface area contributed by atoms with Gasteiger partial charge in [-0.15, -0.1) is 0 Å². The van der Waals surface area contributed by atoms with E-state index in [-0.39, 0.29) is 0 Å². The van der Waals surface area contributed by atoms with Gasteiger partial charge in [-0.2, -0.15) is 0 Å². The van der Waals surface area contributed by atoms with Crippen molar-refractivity contribution in [2.75, 3.05) is 13.1 Å². The Morgan fingerprint density at radius 2 is 2.00 bits per heavy atom. The predicted octanol–water partition coefficient (Wildman–Crippen LogP) is 1.05. The molecule has 2 bridgehead atoms. The van der Waals surface area contributed by atoms with Crippen molar-refractivity contribution >= 4 is 6.29 Å². The minimum atomic E-state index is 0.683. The Bertz CT molecular complexity index is 389. The van der Waals surface area contributed by atoms with Crippen molar-refractivity contribution < 1.29 is 4.79 Å². The van der Waals surface area contributed by atoms with E-state index >= 15 is 0 Å². The molecule has 3 nitrogen and oxygen atoms in total. The average Bonchev–Trinajstić information content (AvgIpc) is 2.29. The summed E-state index contributed by atoms with van der Waals surface area (Å²) in [5.41, 5.74) is 1.98. The molecule has 1 N–H and O–H groups in total. The van der Waals surface area contributed by atoms with Crippen LogP contribution in [0.2, 0.25) is 0 Å². The second kappa shape index (κ2) is 4.00. The third-order valence-corrected chi connectivity index (χ3v) is 3.57. The summed E-state index contributed by atoms with van der Waals surface area (Å²) in [4.78, 5) is 13.4. The van der Waals surface area contributed by atoms with Crippen LogP contribution in [0.3, 0.4) is 0 Å². The molecule has 0 spiro atoms. The SMILES string of the molecule is O=Cc1ccccc1CN1CC2CC(C1)N2. The number of nitrogens with zero attached hydrogens (tertiary/aromatic N) is 1. The van der Waals surface area contributed by atoms with Gasteiger partial charge >= 0.3 is 0 Å². The number of fused-ring (bicyclic) bond motifs is 2. The molecule has 84 valence electrons. The number of piperazine rings is 1. The Balaban J connectivity index is 1.71. The van der Waals surface area contributed by atoms with Crippen LogP contribution in [-0.4, -0.2) is 36.4 Å². The fourth-order valence-corrected chi connectivity index (χ4v) is 2.77. The largest absolute Gasteiger partial charge is 0.309 e. The number of carbonyl (C=O) groups excluding carboxylic acids is 1. The Morgan fingerprint density at radius 3 is 2.69 bits per heavy atom.